The Bertz CT molecular complexity index is 378. The second-order valence-corrected chi connectivity index (χ2v) is 6.58. The van der Waals surface area contributed by atoms with Gasteiger partial charge in [0.05, 0.1) is 0 Å². The zero-order valence-electron chi connectivity index (χ0n) is 12.6. The molecule has 2 aliphatic rings. The van der Waals surface area contributed by atoms with E-state index in [1.807, 2.05) is 25.7 Å². The zero-order chi connectivity index (χ0) is 14.8. The lowest BCUT2D eigenvalue weighted by molar-refractivity contribution is -0.119. The quantitative estimate of drug-likeness (QED) is 0.806. The number of nitrogens with one attached hydrogen (secondary N) is 2. The molecule has 0 aromatic carbocycles. The lowest BCUT2D eigenvalue weighted by atomic mass is 10.2. The molecule has 6 nitrogen and oxygen atoms in total. The van der Waals surface area contributed by atoms with Gasteiger partial charge in [-0.1, -0.05) is 0 Å². The highest BCUT2D eigenvalue weighted by atomic mass is 16.6. The fourth-order valence-electron chi connectivity index (χ4n) is 2.66. The number of hydrogen-bond donors (Lipinski definition) is 2. The number of nitrogens with zero attached hydrogens (tertiary/aromatic N) is 1. The summed E-state index contributed by atoms with van der Waals surface area (Å²) < 4.78 is 5.43. The summed E-state index contributed by atoms with van der Waals surface area (Å²) >= 11 is 0. The molecule has 0 aromatic rings. The first-order chi connectivity index (χ1) is 9.35. The van der Waals surface area contributed by atoms with Crippen molar-refractivity contribution >= 4 is 12.0 Å². The first-order valence-corrected chi connectivity index (χ1v) is 7.35. The van der Waals surface area contributed by atoms with Crippen molar-refractivity contribution in [2.24, 2.45) is 0 Å². The Morgan fingerprint density at radius 1 is 1.50 bits per heavy atom. The SMILES string of the molecule is CC(C)(C)OC(=O)N1CCCC1CNC1CNC(=O)C1. The minimum atomic E-state index is -0.459. The molecule has 2 heterocycles. The maximum Gasteiger partial charge on any atom is 0.410 e. The minimum Gasteiger partial charge on any atom is -0.444 e. The number of ether oxygens (including phenoxy) is 1. The van der Waals surface area contributed by atoms with Crippen LogP contribution in [0.25, 0.3) is 0 Å². The summed E-state index contributed by atoms with van der Waals surface area (Å²) in [4.78, 5) is 25.1. The van der Waals surface area contributed by atoms with E-state index in [1.54, 1.807) is 0 Å². The molecule has 0 saturated carbocycles. The van der Waals surface area contributed by atoms with Gasteiger partial charge in [-0.3, -0.25) is 4.79 Å². The van der Waals surface area contributed by atoms with Gasteiger partial charge in [0.15, 0.2) is 0 Å². The molecule has 114 valence electrons. The van der Waals surface area contributed by atoms with Crippen molar-refractivity contribution in [1.82, 2.24) is 15.5 Å². The van der Waals surface area contributed by atoms with Crippen LogP contribution in [-0.2, 0) is 9.53 Å². The van der Waals surface area contributed by atoms with Crippen molar-refractivity contribution < 1.29 is 14.3 Å². The second kappa shape index (κ2) is 5.99. The molecule has 0 aliphatic carbocycles. The Balaban J connectivity index is 1.81. The largest absolute Gasteiger partial charge is 0.444 e. The molecule has 0 bridgehead atoms. The molecule has 20 heavy (non-hydrogen) atoms. The van der Waals surface area contributed by atoms with Crippen LogP contribution in [0.4, 0.5) is 4.79 Å². The molecule has 0 aromatic heterocycles. The van der Waals surface area contributed by atoms with Crippen molar-refractivity contribution in [3.63, 3.8) is 0 Å². The molecule has 2 aliphatic heterocycles. The van der Waals surface area contributed by atoms with Gasteiger partial charge in [-0.15, -0.1) is 0 Å². The van der Waals surface area contributed by atoms with Gasteiger partial charge in [-0.2, -0.15) is 0 Å². The van der Waals surface area contributed by atoms with Crippen LogP contribution < -0.4 is 10.6 Å². The first-order valence-electron chi connectivity index (χ1n) is 7.35. The van der Waals surface area contributed by atoms with Crippen molar-refractivity contribution in [2.75, 3.05) is 19.6 Å². The Morgan fingerprint density at radius 2 is 2.25 bits per heavy atom. The predicted octanol–water partition coefficient (Wildman–Crippen LogP) is 0.864. The van der Waals surface area contributed by atoms with E-state index in [4.69, 9.17) is 4.74 Å². The van der Waals surface area contributed by atoms with Gasteiger partial charge in [0.2, 0.25) is 5.91 Å². The van der Waals surface area contributed by atoms with Crippen LogP contribution in [-0.4, -0.2) is 54.2 Å². The molecule has 0 spiro atoms. The summed E-state index contributed by atoms with van der Waals surface area (Å²) in [6.45, 7) is 7.79. The van der Waals surface area contributed by atoms with E-state index in [0.29, 0.717) is 13.0 Å². The monoisotopic (exact) mass is 283 g/mol. The van der Waals surface area contributed by atoms with Gasteiger partial charge in [-0.05, 0) is 33.6 Å². The average Bonchev–Trinajstić information content (AvgIpc) is 2.92. The van der Waals surface area contributed by atoms with E-state index >= 15 is 0 Å². The minimum absolute atomic E-state index is 0.0953. The second-order valence-electron chi connectivity index (χ2n) is 6.58. The highest BCUT2D eigenvalue weighted by Gasteiger charge is 2.32. The third-order valence-electron chi connectivity index (χ3n) is 3.62. The van der Waals surface area contributed by atoms with Crippen LogP contribution in [0, 0.1) is 0 Å². The molecule has 2 atom stereocenters. The molecular formula is C14H25N3O3. The van der Waals surface area contributed by atoms with Gasteiger partial charge in [-0.25, -0.2) is 4.79 Å². The normalized spacial score (nSPS) is 26.8. The van der Waals surface area contributed by atoms with Crippen molar-refractivity contribution in [1.29, 1.82) is 0 Å². The Kier molecular flexibility index (Phi) is 4.52. The predicted molar refractivity (Wildman–Crippen MR) is 75.4 cm³/mol. The zero-order valence-corrected chi connectivity index (χ0v) is 12.6. The summed E-state index contributed by atoms with van der Waals surface area (Å²) in [5, 5.41) is 6.17. The van der Waals surface area contributed by atoms with E-state index < -0.39 is 5.60 Å². The highest BCUT2D eigenvalue weighted by molar-refractivity contribution is 5.78. The smallest absolute Gasteiger partial charge is 0.410 e. The fourth-order valence-corrected chi connectivity index (χ4v) is 2.66. The molecule has 0 radical (unpaired) electrons. The maximum atomic E-state index is 12.1. The number of carbonyl (C=O) groups is 2. The number of carbonyl (C=O) groups excluding carboxylic acids is 2. The van der Waals surface area contributed by atoms with Gasteiger partial charge in [0.25, 0.3) is 0 Å². The van der Waals surface area contributed by atoms with E-state index in [2.05, 4.69) is 10.6 Å². The Hall–Kier alpha value is -1.30. The lowest BCUT2D eigenvalue weighted by Crippen LogP contribution is -2.46. The number of hydrogen-bond acceptors (Lipinski definition) is 4. The fraction of sp³-hybridized carbons (Fsp3) is 0.857. The summed E-state index contributed by atoms with van der Waals surface area (Å²) in [6, 6.07) is 0.351. The Labute approximate surface area is 120 Å². The number of rotatable bonds is 3. The number of likely N-dealkylation sites (tertiary alicyclic amines) is 1. The van der Waals surface area contributed by atoms with Crippen LogP contribution >= 0.6 is 0 Å². The molecule has 2 saturated heterocycles. The molecular weight excluding hydrogens is 258 g/mol. The first kappa shape index (κ1) is 15.1. The molecule has 2 amide bonds. The number of amides is 2. The van der Waals surface area contributed by atoms with E-state index in [-0.39, 0.29) is 24.1 Å². The van der Waals surface area contributed by atoms with Crippen LogP contribution in [0.5, 0.6) is 0 Å². The van der Waals surface area contributed by atoms with Gasteiger partial charge < -0.3 is 20.3 Å². The topological polar surface area (TPSA) is 70.7 Å². The molecule has 2 unspecified atom stereocenters. The molecule has 2 fully saturated rings. The lowest BCUT2D eigenvalue weighted by Gasteiger charge is -2.29. The van der Waals surface area contributed by atoms with Crippen LogP contribution in [0.1, 0.15) is 40.0 Å². The van der Waals surface area contributed by atoms with Crippen molar-refractivity contribution in [2.45, 2.75) is 57.7 Å². The van der Waals surface area contributed by atoms with Crippen LogP contribution in [0.3, 0.4) is 0 Å². The standard InChI is InChI=1S/C14H25N3O3/c1-14(2,3)20-13(19)17-6-4-5-11(17)9-15-10-7-12(18)16-8-10/h10-11,15H,4-9H2,1-3H3,(H,16,18). The summed E-state index contributed by atoms with van der Waals surface area (Å²) in [5.74, 6) is 0.0953. The van der Waals surface area contributed by atoms with E-state index in [1.165, 1.54) is 0 Å². The third kappa shape index (κ3) is 4.10. The van der Waals surface area contributed by atoms with Gasteiger partial charge in [0.1, 0.15) is 5.60 Å². The van der Waals surface area contributed by atoms with Crippen LogP contribution in [0.15, 0.2) is 0 Å². The highest BCUT2D eigenvalue weighted by Crippen LogP contribution is 2.20. The molecule has 6 heteroatoms. The van der Waals surface area contributed by atoms with Gasteiger partial charge >= 0.3 is 6.09 Å². The maximum absolute atomic E-state index is 12.1. The summed E-state index contributed by atoms with van der Waals surface area (Å²) in [7, 11) is 0. The van der Waals surface area contributed by atoms with E-state index in [0.717, 1.165) is 25.9 Å². The summed E-state index contributed by atoms with van der Waals surface area (Å²) in [5.41, 5.74) is -0.459. The van der Waals surface area contributed by atoms with Crippen molar-refractivity contribution in [3.8, 4) is 0 Å². The van der Waals surface area contributed by atoms with Crippen molar-refractivity contribution in [3.05, 3.63) is 0 Å². The summed E-state index contributed by atoms with van der Waals surface area (Å²) in [6.07, 6.45) is 2.29. The molecule has 2 rings (SSSR count). The Morgan fingerprint density at radius 3 is 2.85 bits per heavy atom. The molecule has 2 N–H and O–H groups in total. The average molecular weight is 283 g/mol. The van der Waals surface area contributed by atoms with E-state index in [9.17, 15) is 9.59 Å². The van der Waals surface area contributed by atoms with Crippen LogP contribution in [0.2, 0.25) is 0 Å². The third-order valence-corrected chi connectivity index (χ3v) is 3.62. The van der Waals surface area contributed by atoms with Gasteiger partial charge in [0, 0.05) is 38.1 Å².